The van der Waals surface area contributed by atoms with Crippen LogP contribution in [0.1, 0.15) is 34.8 Å². The molecule has 7 nitrogen and oxygen atoms in total. The zero-order chi connectivity index (χ0) is 18.0. The Hall–Kier alpha value is -3.09. The van der Waals surface area contributed by atoms with E-state index in [0.29, 0.717) is 24.3 Å². The minimum absolute atomic E-state index is 0.186. The van der Waals surface area contributed by atoms with Gasteiger partial charge in [-0.15, -0.1) is 0 Å². The molecule has 7 heteroatoms. The van der Waals surface area contributed by atoms with E-state index in [4.69, 9.17) is 4.42 Å². The lowest BCUT2D eigenvalue weighted by atomic mass is 9.97. The van der Waals surface area contributed by atoms with Crippen LogP contribution in [-0.4, -0.2) is 41.2 Å². The van der Waals surface area contributed by atoms with E-state index in [-0.39, 0.29) is 17.6 Å². The van der Waals surface area contributed by atoms with Gasteiger partial charge in [0.25, 0.3) is 11.8 Å². The van der Waals surface area contributed by atoms with E-state index >= 15 is 0 Å². The fourth-order valence-corrected chi connectivity index (χ4v) is 2.74. The van der Waals surface area contributed by atoms with Crippen LogP contribution < -0.4 is 10.6 Å². The molecule has 1 fully saturated rings. The number of hydrogen-bond donors (Lipinski definition) is 2. The maximum atomic E-state index is 12.8. The zero-order valence-corrected chi connectivity index (χ0v) is 14.0. The summed E-state index contributed by atoms with van der Waals surface area (Å²) in [4.78, 5) is 38.5. The van der Waals surface area contributed by atoms with Crippen LogP contribution in [0.4, 0.5) is 5.69 Å². The van der Waals surface area contributed by atoms with Gasteiger partial charge >= 0.3 is 0 Å². The number of furan rings is 1. The quantitative estimate of drug-likeness (QED) is 0.892. The molecule has 0 spiro atoms. The van der Waals surface area contributed by atoms with Crippen LogP contribution in [-0.2, 0) is 4.79 Å². The third-order valence-corrected chi connectivity index (χ3v) is 4.21. The minimum atomic E-state index is -0.928. The molecular formula is C18H19N3O4. The Morgan fingerprint density at radius 2 is 2.04 bits per heavy atom. The second kappa shape index (κ2) is 6.43. The van der Waals surface area contributed by atoms with E-state index in [1.165, 1.54) is 6.26 Å². The lowest BCUT2D eigenvalue weighted by molar-refractivity contribution is -0.133. The van der Waals surface area contributed by atoms with Crippen LogP contribution in [0.3, 0.4) is 0 Å². The summed E-state index contributed by atoms with van der Waals surface area (Å²) in [5, 5.41) is 5.45. The third kappa shape index (κ3) is 3.26. The van der Waals surface area contributed by atoms with Gasteiger partial charge in [0.05, 0.1) is 6.26 Å². The van der Waals surface area contributed by atoms with Crippen molar-refractivity contribution in [1.82, 2.24) is 10.2 Å². The fraction of sp³-hybridized carbons (Fsp3) is 0.278. The second-order valence-corrected chi connectivity index (χ2v) is 6.28. The highest BCUT2D eigenvalue weighted by Gasteiger charge is 2.40. The topological polar surface area (TPSA) is 91.7 Å². The highest BCUT2D eigenvalue weighted by Crippen LogP contribution is 2.22. The standard InChI is InChI=1S/C18H19N3O4/c1-18(2)17(24)19-8-9-21(18)16(23)12-5-3-6-13(11-12)20-15(22)14-7-4-10-25-14/h3-7,10-11H,8-9H2,1-2H3,(H,19,24)(H,20,22). The number of rotatable bonds is 3. The molecule has 0 radical (unpaired) electrons. The summed E-state index contributed by atoms with van der Waals surface area (Å²) < 4.78 is 5.05. The average Bonchev–Trinajstić information content (AvgIpc) is 3.12. The monoisotopic (exact) mass is 341 g/mol. The molecule has 0 aliphatic carbocycles. The van der Waals surface area contributed by atoms with Crippen molar-refractivity contribution in [2.75, 3.05) is 18.4 Å². The molecule has 0 atom stereocenters. The summed E-state index contributed by atoms with van der Waals surface area (Å²) in [6.45, 7) is 4.27. The molecule has 3 rings (SSSR count). The van der Waals surface area contributed by atoms with Crippen LogP contribution in [0.15, 0.2) is 47.1 Å². The SMILES string of the molecule is CC1(C)C(=O)NCCN1C(=O)c1cccc(NC(=O)c2ccco2)c1. The van der Waals surface area contributed by atoms with Crippen LogP contribution in [0.2, 0.25) is 0 Å². The van der Waals surface area contributed by atoms with Gasteiger partial charge in [-0.1, -0.05) is 6.07 Å². The Kier molecular flexibility index (Phi) is 4.31. The summed E-state index contributed by atoms with van der Waals surface area (Å²) in [6, 6.07) is 9.80. The van der Waals surface area contributed by atoms with Crippen LogP contribution in [0, 0.1) is 0 Å². The van der Waals surface area contributed by atoms with Crippen molar-refractivity contribution >= 4 is 23.4 Å². The molecule has 1 aromatic carbocycles. The van der Waals surface area contributed by atoms with Crippen molar-refractivity contribution < 1.29 is 18.8 Å². The number of nitrogens with one attached hydrogen (secondary N) is 2. The second-order valence-electron chi connectivity index (χ2n) is 6.28. The number of amides is 3. The number of anilines is 1. The third-order valence-electron chi connectivity index (χ3n) is 4.21. The maximum Gasteiger partial charge on any atom is 0.291 e. The van der Waals surface area contributed by atoms with Gasteiger partial charge < -0.3 is 20.0 Å². The lowest BCUT2D eigenvalue weighted by Gasteiger charge is -2.41. The number of carbonyl (C=O) groups is 3. The van der Waals surface area contributed by atoms with Gasteiger partial charge in [0.15, 0.2) is 5.76 Å². The smallest absolute Gasteiger partial charge is 0.291 e. The molecule has 130 valence electrons. The van der Waals surface area contributed by atoms with Gasteiger partial charge in [0, 0.05) is 24.3 Å². The Labute approximate surface area is 145 Å². The van der Waals surface area contributed by atoms with Gasteiger partial charge in [0.1, 0.15) is 5.54 Å². The normalized spacial score (nSPS) is 16.2. The van der Waals surface area contributed by atoms with E-state index in [0.717, 1.165) is 0 Å². The van der Waals surface area contributed by atoms with Crippen LogP contribution in [0.5, 0.6) is 0 Å². The highest BCUT2D eigenvalue weighted by molar-refractivity contribution is 6.04. The molecule has 25 heavy (non-hydrogen) atoms. The van der Waals surface area contributed by atoms with Gasteiger partial charge in [-0.2, -0.15) is 0 Å². The Bertz CT molecular complexity index is 811. The molecule has 0 saturated carbocycles. The largest absolute Gasteiger partial charge is 0.459 e. The molecule has 1 saturated heterocycles. The van der Waals surface area contributed by atoms with Crippen molar-refractivity contribution in [3.63, 3.8) is 0 Å². The van der Waals surface area contributed by atoms with E-state index in [1.54, 1.807) is 55.1 Å². The molecule has 2 N–H and O–H groups in total. The summed E-state index contributed by atoms with van der Waals surface area (Å²) in [5.74, 6) is -0.652. The fourth-order valence-electron chi connectivity index (χ4n) is 2.74. The molecule has 3 amide bonds. The Morgan fingerprint density at radius 1 is 1.24 bits per heavy atom. The van der Waals surface area contributed by atoms with Gasteiger partial charge in [-0.25, -0.2) is 0 Å². The van der Waals surface area contributed by atoms with E-state index in [1.807, 2.05) is 0 Å². The predicted molar refractivity (Wildman–Crippen MR) is 91.2 cm³/mol. The molecule has 2 aromatic rings. The van der Waals surface area contributed by atoms with Crippen LogP contribution >= 0.6 is 0 Å². The number of carbonyl (C=O) groups excluding carboxylic acids is 3. The molecule has 0 unspecified atom stereocenters. The van der Waals surface area contributed by atoms with E-state index in [2.05, 4.69) is 10.6 Å². The average molecular weight is 341 g/mol. The van der Waals surface area contributed by atoms with Crippen molar-refractivity contribution in [2.45, 2.75) is 19.4 Å². The Morgan fingerprint density at radius 3 is 2.76 bits per heavy atom. The lowest BCUT2D eigenvalue weighted by Crippen LogP contribution is -2.63. The zero-order valence-electron chi connectivity index (χ0n) is 14.0. The summed E-state index contributed by atoms with van der Waals surface area (Å²) in [6.07, 6.45) is 1.42. The minimum Gasteiger partial charge on any atom is -0.459 e. The number of piperazine rings is 1. The highest BCUT2D eigenvalue weighted by atomic mass is 16.3. The molecule has 1 aliphatic rings. The number of benzene rings is 1. The van der Waals surface area contributed by atoms with Crippen molar-refractivity contribution in [1.29, 1.82) is 0 Å². The molecule has 1 aliphatic heterocycles. The maximum absolute atomic E-state index is 12.8. The van der Waals surface area contributed by atoms with Crippen molar-refractivity contribution in [3.8, 4) is 0 Å². The number of hydrogen-bond acceptors (Lipinski definition) is 4. The summed E-state index contributed by atoms with van der Waals surface area (Å²) in [5.41, 5.74) is -0.0468. The summed E-state index contributed by atoms with van der Waals surface area (Å²) >= 11 is 0. The Balaban J connectivity index is 1.80. The van der Waals surface area contributed by atoms with E-state index < -0.39 is 11.4 Å². The predicted octanol–water partition coefficient (Wildman–Crippen LogP) is 1.88. The van der Waals surface area contributed by atoms with Crippen molar-refractivity contribution in [2.24, 2.45) is 0 Å². The molecule has 1 aromatic heterocycles. The van der Waals surface area contributed by atoms with Crippen LogP contribution in [0.25, 0.3) is 0 Å². The first-order valence-electron chi connectivity index (χ1n) is 7.95. The van der Waals surface area contributed by atoms with E-state index in [9.17, 15) is 14.4 Å². The summed E-state index contributed by atoms with van der Waals surface area (Å²) in [7, 11) is 0. The molecular weight excluding hydrogens is 322 g/mol. The van der Waals surface area contributed by atoms with Gasteiger partial charge in [-0.05, 0) is 44.2 Å². The first kappa shape index (κ1) is 16.8. The first-order valence-corrected chi connectivity index (χ1v) is 7.95. The molecule has 2 heterocycles. The first-order chi connectivity index (χ1) is 11.9. The number of nitrogens with zero attached hydrogens (tertiary/aromatic N) is 1. The van der Waals surface area contributed by atoms with Crippen molar-refractivity contribution in [3.05, 3.63) is 54.0 Å². The molecule has 0 bridgehead atoms. The van der Waals surface area contributed by atoms with Gasteiger partial charge in [-0.3, -0.25) is 14.4 Å². The van der Waals surface area contributed by atoms with Gasteiger partial charge in [0.2, 0.25) is 5.91 Å².